The molecule has 0 spiro atoms. The molecule has 0 radical (unpaired) electrons. The first-order valence-electron chi connectivity index (χ1n) is 5.67. The van der Waals surface area contributed by atoms with E-state index >= 15 is 0 Å². The summed E-state index contributed by atoms with van der Waals surface area (Å²) in [4.78, 5) is 8.70. The Morgan fingerprint density at radius 3 is 2.29 bits per heavy atom. The molecule has 1 aromatic heterocycles. The summed E-state index contributed by atoms with van der Waals surface area (Å²) in [6.07, 6.45) is 1.70. The standard InChI is InChI=1S/C11H20N4OS/c1-5-12-10-8(2)11(15-9(3)14-10)13-6-7-17(4)16/h5-7H2,1-4H3,(H2,12,13,14,15). The Morgan fingerprint density at radius 2 is 1.76 bits per heavy atom. The number of hydrogen-bond acceptors (Lipinski definition) is 5. The highest BCUT2D eigenvalue weighted by Gasteiger charge is 2.07. The number of anilines is 2. The highest BCUT2D eigenvalue weighted by atomic mass is 32.2. The van der Waals surface area contributed by atoms with Gasteiger partial charge in [0.15, 0.2) is 0 Å². The van der Waals surface area contributed by atoms with Crippen LogP contribution in [0.15, 0.2) is 0 Å². The number of rotatable bonds is 6. The third-order valence-corrected chi connectivity index (χ3v) is 3.06. The van der Waals surface area contributed by atoms with E-state index in [9.17, 15) is 4.21 Å². The Kier molecular flexibility index (Phi) is 5.34. The van der Waals surface area contributed by atoms with Gasteiger partial charge in [-0.3, -0.25) is 4.21 Å². The fraction of sp³-hybridized carbons (Fsp3) is 0.636. The summed E-state index contributed by atoms with van der Waals surface area (Å²) in [6, 6.07) is 0. The van der Waals surface area contributed by atoms with Crippen molar-refractivity contribution in [1.82, 2.24) is 9.97 Å². The van der Waals surface area contributed by atoms with E-state index in [1.807, 2.05) is 20.8 Å². The molecule has 2 N–H and O–H groups in total. The lowest BCUT2D eigenvalue weighted by Crippen LogP contribution is -2.14. The van der Waals surface area contributed by atoms with Crippen LogP contribution in [0.2, 0.25) is 0 Å². The lowest BCUT2D eigenvalue weighted by molar-refractivity contribution is 0.687. The maximum absolute atomic E-state index is 11.0. The van der Waals surface area contributed by atoms with Crippen LogP contribution in [-0.2, 0) is 10.8 Å². The highest BCUT2D eigenvalue weighted by molar-refractivity contribution is 7.84. The van der Waals surface area contributed by atoms with E-state index in [-0.39, 0.29) is 0 Å². The zero-order chi connectivity index (χ0) is 12.8. The summed E-state index contributed by atoms with van der Waals surface area (Å²) in [5.41, 5.74) is 0.999. The summed E-state index contributed by atoms with van der Waals surface area (Å²) in [7, 11) is -0.781. The molecule has 6 heteroatoms. The first-order chi connectivity index (χ1) is 8.04. The third kappa shape index (κ3) is 4.30. The van der Waals surface area contributed by atoms with Gasteiger partial charge in [-0.1, -0.05) is 0 Å². The molecule has 17 heavy (non-hydrogen) atoms. The van der Waals surface area contributed by atoms with Crippen LogP contribution < -0.4 is 10.6 Å². The van der Waals surface area contributed by atoms with Gasteiger partial charge >= 0.3 is 0 Å². The Hall–Kier alpha value is -1.17. The van der Waals surface area contributed by atoms with E-state index in [4.69, 9.17) is 0 Å². The second kappa shape index (κ2) is 6.54. The number of nitrogens with one attached hydrogen (secondary N) is 2. The molecule has 1 aromatic rings. The van der Waals surface area contributed by atoms with Gasteiger partial charge < -0.3 is 10.6 Å². The van der Waals surface area contributed by atoms with Crippen molar-refractivity contribution >= 4 is 22.4 Å². The van der Waals surface area contributed by atoms with Crippen molar-refractivity contribution in [3.05, 3.63) is 11.4 Å². The first kappa shape index (κ1) is 13.9. The Bertz CT molecular complexity index is 409. The fourth-order valence-corrected chi connectivity index (χ4v) is 1.84. The van der Waals surface area contributed by atoms with E-state index in [1.54, 1.807) is 6.26 Å². The fourth-order valence-electron chi connectivity index (χ4n) is 1.45. The molecule has 1 unspecified atom stereocenters. The van der Waals surface area contributed by atoms with Gasteiger partial charge in [0.1, 0.15) is 17.5 Å². The normalized spacial score (nSPS) is 12.2. The van der Waals surface area contributed by atoms with Gasteiger partial charge in [-0.15, -0.1) is 0 Å². The number of aromatic nitrogens is 2. The smallest absolute Gasteiger partial charge is 0.134 e. The van der Waals surface area contributed by atoms with E-state index in [1.165, 1.54) is 0 Å². The molecule has 96 valence electrons. The Labute approximate surface area is 105 Å². The van der Waals surface area contributed by atoms with Crippen LogP contribution in [0.1, 0.15) is 18.3 Å². The van der Waals surface area contributed by atoms with E-state index in [0.717, 1.165) is 29.6 Å². The Morgan fingerprint density at radius 1 is 1.18 bits per heavy atom. The molecule has 0 fully saturated rings. The molecular weight excluding hydrogens is 236 g/mol. The van der Waals surface area contributed by atoms with Crippen molar-refractivity contribution in [1.29, 1.82) is 0 Å². The molecular formula is C11H20N4OS. The topological polar surface area (TPSA) is 66.9 Å². The van der Waals surface area contributed by atoms with Crippen LogP contribution in [-0.4, -0.2) is 39.3 Å². The average Bonchev–Trinajstić information content (AvgIpc) is 2.24. The summed E-state index contributed by atoms with van der Waals surface area (Å²) < 4.78 is 11.0. The van der Waals surface area contributed by atoms with Gasteiger partial charge in [0.25, 0.3) is 0 Å². The zero-order valence-corrected chi connectivity index (χ0v) is 11.6. The molecule has 5 nitrogen and oxygen atoms in total. The van der Waals surface area contributed by atoms with Crippen LogP contribution in [0, 0.1) is 13.8 Å². The molecule has 1 atom stereocenters. The maximum atomic E-state index is 11.0. The van der Waals surface area contributed by atoms with Gasteiger partial charge in [0.05, 0.1) is 0 Å². The van der Waals surface area contributed by atoms with Crippen molar-refractivity contribution in [2.75, 3.05) is 35.7 Å². The minimum absolute atomic E-state index is 0.624. The molecule has 0 aliphatic carbocycles. The zero-order valence-electron chi connectivity index (χ0n) is 10.8. The predicted molar refractivity (Wildman–Crippen MR) is 73.1 cm³/mol. The molecule has 1 heterocycles. The van der Waals surface area contributed by atoms with E-state index in [2.05, 4.69) is 20.6 Å². The van der Waals surface area contributed by atoms with Crippen LogP contribution in [0.5, 0.6) is 0 Å². The van der Waals surface area contributed by atoms with Crippen molar-refractivity contribution in [2.24, 2.45) is 0 Å². The maximum Gasteiger partial charge on any atom is 0.134 e. The van der Waals surface area contributed by atoms with E-state index < -0.39 is 10.8 Å². The molecule has 0 amide bonds. The second-order valence-electron chi connectivity index (χ2n) is 3.83. The highest BCUT2D eigenvalue weighted by Crippen LogP contribution is 2.19. The van der Waals surface area contributed by atoms with Crippen molar-refractivity contribution in [3.8, 4) is 0 Å². The van der Waals surface area contributed by atoms with Crippen LogP contribution in [0.3, 0.4) is 0 Å². The molecule has 0 aromatic carbocycles. The number of nitrogens with zero attached hydrogens (tertiary/aromatic N) is 2. The van der Waals surface area contributed by atoms with E-state index in [0.29, 0.717) is 12.3 Å². The quantitative estimate of drug-likeness (QED) is 0.803. The lowest BCUT2D eigenvalue weighted by atomic mass is 10.3. The van der Waals surface area contributed by atoms with Crippen LogP contribution in [0.4, 0.5) is 11.6 Å². The molecule has 0 aliphatic heterocycles. The average molecular weight is 256 g/mol. The van der Waals surface area contributed by atoms with Crippen LogP contribution >= 0.6 is 0 Å². The number of aryl methyl sites for hydroxylation is 1. The summed E-state index contributed by atoms with van der Waals surface area (Å²) in [6.45, 7) is 7.36. The number of hydrogen-bond donors (Lipinski definition) is 2. The molecule has 0 saturated heterocycles. The first-order valence-corrected chi connectivity index (χ1v) is 7.40. The summed E-state index contributed by atoms with van der Waals surface area (Å²) in [5.74, 6) is 3.03. The van der Waals surface area contributed by atoms with Crippen molar-refractivity contribution < 1.29 is 4.21 Å². The third-order valence-electron chi connectivity index (χ3n) is 2.28. The molecule has 1 rings (SSSR count). The minimum Gasteiger partial charge on any atom is -0.370 e. The van der Waals surface area contributed by atoms with Gasteiger partial charge in [0, 0.05) is 41.5 Å². The molecule has 0 saturated carbocycles. The lowest BCUT2D eigenvalue weighted by Gasteiger charge is -2.13. The van der Waals surface area contributed by atoms with Crippen molar-refractivity contribution in [3.63, 3.8) is 0 Å². The summed E-state index contributed by atoms with van der Waals surface area (Å²) >= 11 is 0. The monoisotopic (exact) mass is 256 g/mol. The van der Waals surface area contributed by atoms with Gasteiger partial charge in [-0.25, -0.2) is 9.97 Å². The SMILES string of the molecule is CCNc1nc(C)nc(NCCS(C)=O)c1C. The molecule has 0 aliphatic rings. The van der Waals surface area contributed by atoms with Crippen molar-refractivity contribution in [2.45, 2.75) is 20.8 Å². The van der Waals surface area contributed by atoms with Gasteiger partial charge in [-0.2, -0.15) is 0 Å². The van der Waals surface area contributed by atoms with Gasteiger partial charge in [0.2, 0.25) is 0 Å². The second-order valence-corrected chi connectivity index (χ2v) is 5.38. The largest absolute Gasteiger partial charge is 0.370 e. The molecule has 0 bridgehead atoms. The minimum atomic E-state index is -0.781. The van der Waals surface area contributed by atoms with Gasteiger partial charge in [-0.05, 0) is 20.8 Å². The predicted octanol–water partition coefficient (Wildman–Crippen LogP) is 1.32. The van der Waals surface area contributed by atoms with Crippen LogP contribution in [0.25, 0.3) is 0 Å². The Balaban J connectivity index is 2.79. The summed E-state index contributed by atoms with van der Waals surface area (Å²) in [5, 5.41) is 6.40.